The molecule has 0 fully saturated rings. The van der Waals surface area contributed by atoms with E-state index >= 15 is 0 Å². The lowest BCUT2D eigenvalue weighted by atomic mass is 9.78. The van der Waals surface area contributed by atoms with E-state index in [2.05, 4.69) is 147 Å². The van der Waals surface area contributed by atoms with E-state index in [0.717, 1.165) is 0 Å². The molecule has 0 radical (unpaired) electrons. The molecule has 0 aliphatic heterocycles. The lowest BCUT2D eigenvalue weighted by molar-refractivity contribution is 0.666. The maximum absolute atomic E-state index is 2.44. The van der Waals surface area contributed by atoms with Crippen LogP contribution in [0, 0.1) is 6.92 Å². The number of hydrogen-bond donors (Lipinski definition) is 0. The van der Waals surface area contributed by atoms with Crippen LogP contribution in [0.1, 0.15) is 30.5 Å². The summed E-state index contributed by atoms with van der Waals surface area (Å²) in [4.78, 5) is 2.40. The van der Waals surface area contributed by atoms with E-state index in [-0.39, 0.29) is 5.41 Å². The third-order valence-corrected chi connectivity index (χ3v) is 8.87. The summed E-state index contributed by atoms with van der Waals surface area (Å²) in [5, 5.41) is 8.18. The molecule has 186 valence electrons. The van der Waals surface area contributed by atoms with Crippen molar-refractivity contribution in [1.29, 1.82) is 0 Å². The predicted octanol–water partition coefficient (Wildman–Crippen LogP) is 10.7. The minimum absolute atomic E-state index is 0.140. The number of para-hydroxylation sites is 2. The fourth-order valence-electron chi connectivity index (χ4n) is 7.13. The first kappa shape index (κ1) is 22.4. The molecule has 0 spiro atoms. The maximum Gasteiger partial charge on any atom is 0.0490 e. The monoisotopic (exact) mass is 499 g/mol. The molecule has 0 saturated carbocycles. The van der Waals surface area contributed by atoms with Crippen LogP contribution in [-0.2, 0) is 5.41 Å². The molecule has 0 saturated heterocycles. The van der Waals surface area contributed by atoms with E-state index in [1.54, 1.807) is 0 Å². The molecule has 7 aromatic rings. The molecule has 7 aromatic carbocycles. The number of hydrogen-bond acceptors (Lipinski definition) is 1. The molecule has 1 aliphatic rings. The van der Waals surface area contributed by atoms with Crippen LogP contribution in [0.5, 0.6) is 0 Å². The number of rotatable bonds is 3. The first-order chi connectivity index (χ1) is 19.0. The molecular weight excluding hydrogens is 470 g/mol. The van der Waals surface area contributed by atoms with Crippen molar-refractivity contribution >= 4 is 49.4 Å². The van der Waals surface area contributed by atoms with Gasteiger partial charge in [-0.05, 0) is 97.4 Å². The number of nitrogens with zero attached hydrogens (tertiary/aromatic N) is 1. The standard InChI is InChI=1S/C38H29N/c1-24-11-7-8-18-33(24)39(27-14-5-4-6-15-27)28-21-22-29-32(23-28)38(2,3)37-31-17-10-13-26-20-19-25-12-9-16-30(36(29)37)34(25)35(26)31/h4-23H,1-3H3. The maximum atomic E-state index is 2.44. The second-order valence-electron chi connectivity index (χ2n) is 11.4. The van der Waals surface area contributed by atoms with Gasteiger partial charge in [0.25, 0.3) is 0 Å². The summed E-state index contributed by atoms with van der Waals surface area (Å²) in [5.74, 6) is 0. The molecule has 39 heavy (non-hydrogen) atoms. The second-order valence-corrected chi connectivity index (χ2v) is 11.4. The lowest BCUT2D eigenvalue weighted by Gasteiger charge is -2.29. The summed E-state index contributed by atoms with van der Waals surface area (Å²) >= 11 is 0. The summed E-state index contributed by atoms with van der Waals surface area (Å²) in [6.07, 6.45) is 0. The van der Waals surface area contributed by atoms with Crippen LogP contribution < -0.4 is 4.90 Å². The highest BCUT2D eigenvalue weighted by Crippen LogP contribution is 2.56. The van der Waals surface area contributed by atoms with Gasteiger partial charge in [0.05, 0.1) is 0 Å². The smallest absolute Gasteiger partial charge is 0.0490 e. The third kappa shape index (κ3) is 3.02. The minimum atomic E-state index is -0.140. The van der Waals surface area contributed by atoms with Gasteiger partial charge >= 0.3 is 0 Å². The summed E-state index contributed by atoms with van der Waals surface area (Å²) in [7, 11) is 0. The van der Waals surface area contributed by atoms with Crippen molar-refractivity contribution < 1.29 is 0 Å². The van der Waals surface area contributed by atoms with Crippen molar-refractivity contribution in [3.05, 3.63) is 138 Å². The van der Waals surface area contributed by atoms with E-state index in [9.17, 15) is 0 Å². The molecule has 1 nitrogen and oxygen atoms in total. The van der Waals surface area contributed by atoms with Crippen molar-refractivity contribution in [2.75, 3.05) is 4.90 Å². The summed E-state index contributed by atoms with van der Waals surface area (Å²) < 4.78 is 0. The van der Waals surface area contributed by atoms with E-state index < -0.39 is 0 Å². The Balaban J connectivity index is 1.44. The van der Waals surface area contributed by atoms with Crippen molar-refractivity contribution in [3.8, 4) is 11.1 Å². The molecular formula is C38H29N. The fraction of sp³-hybridized carbons (Fsp3) is 0.105. The van der Waals surface area contributed by atoms with Crippen LogP contribution in [0.3, 0.4) is 0 Å². The van der Waals surface area contributed by atoms with Gasteiger partial charge in [0.15, 0.2) is 0 Å². The Morgan fingerprint density at radius 2 is 1.23 bits per heavy atom. The quantitative estimate of drug-likeness (QED) is 0.219. The van der Waals surface area contributed by atoms with Gasteiger partial charge in [0, 0.05) is 22.5 Å². The Hall–Kier alpha value is -4.62. The SMILES string of the molecule is Cc1ccccc1N(c1ccccc1)c1ccc2c(c1)C(C)(C)c1c-2c2cccc3ccc4cccc1c4c32. The normalized spacial score (nSPS) is 13.7. The number of benzene rings is 7. The van der Waals surface area contributed by atoms with Crippen molar-refractivity contribution in [2.24, 2.45) is 0 Å². The zero-order chi connectivity index (χ0) is 26.3. The molecule has 0 heterocycles. The van der Waals surface area contributed by atoms with Crippen molar-refractivity contribution in [2.45, 2.75) is 26.2 Å². The van der Waals surface area contributed by atoms with E-state index in [0.29, 0.717) is 0 Å². The Kier molecular flexibility index (Phi) is 4.56. The minimum Gasteiger partial charge on any atom is -0.310 e. The van der Waals surface area contributed by atoms with Gasteiger partial charge in [0.1, 0.15) is 0 Å². The van der Waals surface area contributed by atoms with Gasteiger partial charge in [-0.3, -0.25) is 0 Å². The van der Waals surface area contributed by atoms with Crippen molar-refractivity contribution in [1.82, 2.24) is 0 Å². The van der Waals surface area contributed by atoms with Gasteiger partial charge < -0.3 is 4.90 Å². The first-order valence-corrected chi connectivity index (χ1v) is 13.8. The first-order valence-electron chi connectivity index (χ1n) is 13.8. The average molecular weight is 500 g/mol. The Labute approximate surface area is 229 Å². The summed E-state index contributed by atoms with van der Waals surface area (Å²) in [6, 6.07) is 44.7. The van der Waals surface area contributed by atoms with Crippen LogP contribution in [0.15, 0.2) is 121 Å². The van der Waals surface area contributed by atoms with Gasteiger partial charge in [0.2, 0.25) is 0 Å². The number of aryl methyl sites for hydroxylation is 1. The van der Waals surface area contributed by atoms with E-state index in [1.807, 2.05) is 0 Å². The average Bonchev–Trinajstić information content (AvgIpc) is 3.21. The third-order valence-electron chi connectivity index (χ3n) is 8.87. The molecule has 8 rings (SSSR count). The van der Waals surface area contributed by atoms with Crippen LogP contribution in [-0.4, -0.2) is 0 Å². The van der Waals surface area contributed by atoms with E-state index in [1.165, 1.54) is 77.2 Å². The van der Waals surface area contributed by atoms with Crippen LogP contribution in [0.25, 0.3) is 43.4 Å². The molecule has 1 aliphatic carbocycles. The molecule has 0 atom stereocenters. The summed E-state index contributed by atoms with van der Waals surface area (Å²) in [6.45, 7) is 7.01. The zero-order valence-corrected chi connectivity index (χ0v) is 22.5. The van der Waals surface area contributed by atoms with Gasteiger partial charge in [-0.15, -0.1) is 0 Å². The highest BCUT2D eigenvalue weighted by Gasteiger charge is 2.39. The number of fused-ring (bicyclic) bond motifs is 5. The van der Waals surface area contributed by atoms with Gasteiger partial charge in [-0.1, -0.05) is 105 Å². The molecule has 0 unspecified atom stereocenters. The predicted molar refractivity (Wildman–Crippen MR) is 167 cm³/mol. The highest BCUT2D eigenvalue weighted by atomic mass is 15.1. The van der Waals surface area contributed by atoms with Crippen LogP contribution in [0.4, 0.5) is 17.1 Å². The Morgan fingerprint density at radius 1 is 0.564 bits per heavy atom. The van der Waals surface area contributed by atoms with Crippen LogP contribution in [0.2, 0.25) is 0 Å². The Morgan fingerprint density at radius 3 is 1.97 bits per heavy atom. The van der Waals surface area contributed by atoms with Gasteiger partial charge in [-0.2, -0.15) is 0 Å². The van der Waals surface area contributed by atoms with E-state index in [4.69, 9.17) is 0 Å². The number of anilines is 3. The molecule has 0 bridgehead atoms. The molecule has 1 heteroatoms. The summed E-state index contributed by atoms with van der Waals surface area (Å²) in [5.41, 5.74) is 10.3. The Bertz CT molecular complexity index is 2050. The zero-order valence-electron chi connectivity index (χ0n) is 22.5. The molecule has 0 amide bonds. The topological polar surface area (TPSA) is 3.24 Å². The fourth-order valence-corrected chi connectivity index (χ4v) is 7.13. The largest absolute Gasteiger partial charge is 0.310 e. The highest BCUT2D eigenvalue weighted by molar-refractivity contribution is 6.28. The lowest BCUT2D eigenvalue weighted by Crippen LogP contribution is -2.17. The molecule has 0 aromatic heterocycles. The molecule has 0 N–H and O–H groups in total. The van der Waals surface area contributed by atoms with Gasteiger partial charge in [-0.25, -0.2) is 0 Å². The van der Waals surface area contributed by atoms with Crippen LogP contribution >= 0.6 is 0 Å². The second kappa shape index (κ2) is 7.94. The van der Waals surface area contributed by atoms with Crippen molar-refractivity contribution in [3.63, 3.8) is 0 Å².